The molecule has 3 nitrogen and oxygen atoms in total. The molecule has 3 heteroatoms. The first-order chi connectivity index (χ1) is 8.61. The minimum absolute atomic E-state index is 0.0387. The predicted octanol–water partition coefficient (Wildman–Crippen LogP) is 3.42. The molecule has 0 radical (unpaired) electrons. The van der Waals surface area contributed by atoms with Gasteiger partial charge in [0.25, 0.3) is 0 Å². The van der Waals surface area contributed by atoms with E-state index in [-0.39, 0.29) is 17.2 Å². The number of rotatable bonds is 3. The van der Waals surface area contributed by atoms with E-state index in [4.69, 9.17) is 0 Å². The van der Waals surface area contributed by atoms with Gasteiger partial charge in [-0.2, -0.15) is 0 Å². The van der Waals surface area contributed by atoms with E-state index < -0.39 is 0 Å². The fourth-order valence-corrected chi connectivity index (χ4v) is 1.98. The molecule has 0 saturated carbocycles. The van der Waals surface area contributed by atoms with Gasteiger partial charge in [0.2, 0.25) is 0 Å². The second-order valence-corrected chi connectivity index (χ2v) is 4.30. The Bertz CT molecular complexity index is 562. The molecule has 94 valence electrons. The molecule has 18 heavy (non-hydrogen) atoms. The van der Waals surface area contributed by atoms with Crippen LogP contribution in [0.25, 0.3) is 11.1 Å². The molecule has 3 N–H and O–H groups in total. The lowest BCUT2D eigenvalue weighted by Gasteiger charge is -2.09. The Labute approximate surface area is 106 Å². The number of benzene rings is 2. The van der Waals surface area contributed by atoms with Gasteiger partial charge in [0.05, 0.1) is 0 Å². The SMILES string of the molecule is CCCc1ccc(O)c(-c2cc(O)ccc2O)c1. The molecule has 0 fully saturated rings. The lowest BCUT2D eigenvalue weighted by molar-refractivity contribution is 0.459. The maximum absolute atomic E-state index is 9.88. The van der Waals surface area contributed by atoms with Crippen LogP contribution >= 0.6 is 0 Å². The third-order valence-corrected chi connectivity index (χ3v) is 2.87. The van der Waals surface area contributed by atoms with E-state index in [1.54, 1.807) is 6.07 Å². The predicted molar refractivity (Wildman–Crippen MR) is 70.9 cm³/mol. The van der Waals surface area contributed by atoms with Crippen LogP contribution in [0.1, 0.15) is 18.9 Å². The molecule has 0 spiro atoms. The number of hydrogen-bond donors (Lipinski definition) is 3. The minimum Gasteiger partial charge on any atom is -0.508 e. The van der Waals surface area contributed by atoms with E-state index in [0.29, 0.717) is 11.1 Å². The smallest absolute Gasteiger partial charge is 0.123 e. The Morgan fingerprint density at radius 1 is 0.833 bits per heavy atom. The summed E-state index contributed by atoms with van der Waals surface area (Å²) in [6.07, 6.45) is 1.92. The van der Waals surface area contributed by atoms with Gasteiger partial charge in [0, 0.05) is 11.1 Å². The highest BCUT2D eigenvalue weighted by Crippen LogP contribution is 2.37. The van der Waals surface area contributed by atoms with E-state index in [2.05, 4.69) is 6.92 Å². The highest BCUT2D eigenvalue weighted by atomic mass is 16.3. The first-order valence-corrected chi connectivity index (χ1v) is 5.96. The lowest BCUT2D eigenvalue weighted by Crippen LogP contribution is -1.86. The van der Waals surface area contributed by atoms with Crippen LogP contribution in [-0.2, 0) is 6.42 Å². The molecule has 2 aromatic rings. The molecule has 0 saturated heterocycles. The molecule has 0 heterocycles. The molecule has 0 aliphatic heterocycles. The van der Waals surface area contributed by atoms with Crippen LogP contribution in [0, 0.1) is 0 Å². The van der Waals surface area contributed by atoms with Crippen LogP contribution in [-0.4, -0.2) is 15.3 Å². The third kappa shape index (κ3) is 2.40. The van der Waals surface area contributed by atoms with Gasteiger partial charge in [-0.25, -0.2) is 0 Å². The van der Waals surface area contributed by atoms with Crippen LogP contribution in [0.3, 0.4) is 0 Å². The van der Waals surface area contributed by atoms with Crippen molar-refractivity contribution in [2.75, 3.05) is 0 Å². The number of aromatic hydroxyl groups is 3. The highest BCUT2D eigenvalue weighted by Gasteiger charge is 2.10. The number of aryl methyl sites for hydroxylation is 1. The first-order valence-electron chi connectivity index (χ1n) is 5.96. The second-order valence-electron chi connectivity index (χ2n) is 4.30. The van der Waals surface area contributed by atoms with Crippen molar-refractivity contribution in [3.8, 4) is 28.4 Å². The molecule has 0 aromatic heterocycles. The van der Waals surface area contributed by atoms with Crippen molar-refractivity contribution in [3.63, 3.8) is 0 Å². The molecule has 0 amide bonds. The van der Waals surface area contributed by atoms with E-state index in [1.165, 1.54) is 18.2 Å². The molecular formula is C15H16O3. The van der Waals surface area contributed by atoms with Gasteiger partial charge in [-0.15, -0.1) is 0 Å². The summed E-state index contributed by atoms with van der Waals surface area (Å²) in [6, 6.07) is 9.59. The summed E-state index contributed by atoms with van der Waals surface area (Å²) in [4.78, 5) is 0. The Balaban J connectivity index is 2.55. The van der Waals surface area contributed by atoms with Gasteiger partial charge in [-0.05, 0) is 42.3 Å². The number of hydrogen-bond acceptors (Lipinski definition) is 3. The average Bonchev–Trinajstić information content (AvgIpc) is 2.35. The maximum Gasteiger partial charge on any atom is 0.123 e. The van der Waals surface area contributed by atoms with E-state index >= 15 is 0 Å². The standard InChI is InChI=1S/C15H16O3/c1-2-3-10-4-6-14(17)12(8-10)13-9-11(16)5-7-15(13)18/h4-9,16-18H,2-3H2,1H3. The molecule has 0 aliphatic rings. The molecule has 0 unspecified atom stereocenters. The van der Waals surface area contributed by atoms with Gasteiger partial charge in [0.15, 0.2) is 0 Å². The number of phenolic OH excluding ortho intramolecular Hbond substituents is 3. The fraction of sp³-hybridized carbons (Fsp3) is 0.200. The van der Waals surface area contributed by atoms with Gasteiger partial charge in [-0.3, -0.25) is 0 Å². The van der Waals surface area contributed by atoms with E-state index in [0.717, 1.165) is 18.4 Å². The van der Waals surface area contributed by atoms with E-state index in [9.17, 15) is 15.3 Å². The summed E-state index contributed by atoms with van der Waals surface area (Å²) in [5.41, 5.74) is 2.06. The second kappa shape index (κ2) is 5.00. The summed E-state index contributed by atoms with van der Waals surface area (Å²) in [5.74, 6) is 0.190. The van der Waals surface area contributed by atoms with Crippen LogP contribution < -0.4 is 0 Å². The summed E-state index contributed by atoms with van der Waals surface area (Å²) >= 11 is 0. The van der Waals surface area contributed by atoms with Crippen molar-refractivity contribution in [1.29, 1.82) is 0 Å². The zero-order chi connectivity index (χ0) is 13.1. The largest absolute Gasteiger partial charge is 0.508 e. The molecule has 0 aliphatic carbocycles. The third-order valence-electron chi connectivity index (χ3n) is 2.87. The van der Waals surface area contributed by atoms with Crippen molar-refractivity contribution < 1.29 is 15.3 Å². The summed E-state index contributed by atoms with van der Waals surface area (Å²) in [5, 5.41) is 29.2. The Morgan fingerprint density at radius 2 is 1.44 bits per heavy atom. The zero-order valence-electron chi connectivity index (χ0n) is 10.2. The van der Waals surface area contributed by atoms with Crippen molar-refractivity contribution in [2.45, 2.75) is 19.8 Å². The Hall–Kier alpha value is -2.16. The average molecular weight is 244 g/mol. The van der Waals surface area contributed by atoms with Crippen molar-refractivity contribution >= 4 is 0 Å². The zero-order valence-corrected chi connectivity index (χ0v) is 10.2. The van der Waals surface area contributed by atoms with Crippen molar-refractivity contribution in [3.05, 3.63) is 42.0 Å². The normalized spacial score (nSPS) is 10.5. The lowest BCUT2D eigenvalue weighted by atomic mass is 9.99. The van der Waals surface area contributed by atoms with Gasteiger partial charge >= 0.3 is 0 Å². The van der Waals surface area contributed by atoms with Crippen LogP contribution in [0.5, 0.6) is 17.2 Å². The molecule has 2 aromatic carbocycles. The monoisotopic (exact) mass is 244 g/mol. The van der Waals surface area contributed by atoms with Crippen molar-refractivity contribution in [1.82, 2.24) is 0 Å². The van der Waals surface area contributed by atoms with E-state index in [1.807, 2.05) is 12.1 Å². The van der Waals surface area contributed by atoms with Crippen LogP contribution in [0.2, 0.25) is 0 Å². The Morgan fingerprint density at radius 3 is 2.11 bits per heavy atom. The molecule has 2 rings (SSSR count). The minimum atomic E-state index is 0.0387. The van der Waals surface area contributed by atoms with Crippen LogP contribution in [0.15, 0.2) is 36.4 Å². The van der Waals surface area contributed by atoms with Gasteiger partial charge in [0.1, 0.15) is 17.2 Å². The topological polar surface area (TPSA) is 60.7 Å². The number of phenols is 3. The summed E-state index contributed by atoms with van der Waals surface area (Å²) in [7, 11) is 0. The molecular weight excluding hydrogens is 228 g/mol. The first kappa shape index (κ1) is 12.3. The summed E-state index contributed by atoms with van der Waals surface area (Å²) < 4.78 is 0. The summed E-state index contributed by atoms with van der Waals surface area (Å²) in [6.45, 7) is 2.08. The molecule has 0 atom stereocenters. The highest BCUT2D eigenvalue weighted by molar-refractivity contribution is 5.76. The van der Waals surface area contributed by atoms with Gasteiger partial charge in [-0.1, -0.05) is 19.4 Å². The fourth-order valence-electron chi connectivity index (χ4n) is 1.98. The van der Waals surface area contributed by atoms with Crippen LogP contribution in [0.4, 0.5) is 0 Å². The quantitative estimate of drug-likeness (QED) is 0.725. The Kier molecular flexibility index (Phi) is 3.42. The van der Waals surface area contributed by atoms with Crippen molar-refractivity contribution in [2.24, 2.45) is 0 Å². The van der Waals surface area contributed by atoms with Gasteiger partial charge < -0.3 is 15.3 Å². The maximum atomic E-state index is 9.88. The molecule has 0 bridgehead atoms.